The number of aromatic nitrogens is 2. The molecule has 5 nitrogen and oxygen atoms in total. The Kier molecular flexibility index (Phi) is 4.53. The molecule has 1 amide bonds. The van der Waals surface area contributed by atoms with Crippen LogP contribution in [0.5, 0.6) is 0 Å². The zero-order chi connectivity index (χ0) is 15.4. The molecular formula is C17H22N4O. The molecule has 1 atom stereocenters. The van der Waals surface area contributed by atoms with Gasteiger partial charge >= 0.3 is 0 Å². The van der Waals surface area contributed by atoms with Crippen molar-refractivity contribution < 1.29 is 4.79 Å². The van der Waals surface area contributed by atoms with Gasteiger partial charge in [0.25, 0.3) is 0 Å². The van der Waals surface area contributed by atoms with Crippen molar-refractivity contribution in [2.45, 2.75) is 32.4 Å². The molecule has 1 aliphatic heterocycles. The average molecular weight is 298 g/mol. The molecular weight excluding hydrogens is 276 g/mol. The van der Waals surface area contributed by atoms with E-state index in [0.29, 0.717) is 0 Å². The van der Waals surface area contributed by atoms with Gasteiger partial charge in [0.2, 0.25) is 5.91 Å². The van der Waals surface area contributed by atoms with E-state index in [0.717, 1.165) is 38.2 Å². The number of benzene rings is 1. The van der Waals surface area contributed by atoms with Gasteiger partial charge in [-0.25, -0.2) is 4.98 Å². The maximum atomic E-state index is 11.2. The summed E-state index contributed by atoms with van der Waals surface area (Å²) in [5, 5.41) is 3.03. The molecule has 0 saturated carbocycles. The number of likely N-dealkylation sites (tertiary alicyclic amines) is 1. The van der Waals surface area contributed by atoms with Crippen LogP contribution < -0.4 is 5.32 Å². The highest BCUT2D eigenvalue weighted by Crippen LogP contribution is 2.15. The lowest BCUT2D eigenvalue weighted by atomic mass is 10.0. The third kappa shape index (κ3) is 3.74. The Labute approximate surface area is 131 Å². The zero-order valence-electron chi connectivity index (χ0n) is 12.9. The van der Waals surface area contributed by atoms with Crippen LogP contribution in [0.2, 0.25) is 0 Å². The van der Waals surface area contributed by atoms with Crippen LogP contribution in [0.15, 0.2) is 43.0 Å². The van der Waals surface area contributed by atoms with Crippen LogP contribution in [-0.4, -0.2) is 39.5 Å². The van der Waals surface area contributed by atoms with Crippen molar-refractivity contribution in [1.29, 1.82) is 0 Å². The van der Waals surface area contributed by atoms with E-state index in [2.05, 4.69) is 39.5 Å². The molecule has 116 valence electrons. The van der Waals surface area contributed by atoms with Crippen molar-refractivity contribution in [2.24, 2.45) is 0 Å². The van der Waals surface area contributed by atoms with Crippen LogP contribution in [0.4, 0.5) is 0 Å². The first kappa shape index (κ1) is 14.8. The topological polar surface area (TPSA) is 50.2 Å². The van der Waals surface area contributed by atoms with Gasteiger partial charge in [0.05, 0.1) is 6.33 Å². The maximum Gasteiger partial charge on any atom is 0.217 e. The summed E-state index contributed by atoms with van der Waals surface area (Å²) in [5.41, 5.74) is 2.42. The summed E-state index contributed by atoms with van der Waals surface area (Å²) in [4.78, 5) is 17.7. The minimum atomic E-state index is 0.0662. The van der Waals surface area contributed by atoms with Crippen LogP contribution in [0.3, 0.4) is 0 Å². The number of hydrogen-bond donors (Lipinski definition) is 1. The number of rotatable bonds is 4. The highest BCUT2D eigenvalue weighted by molar-refractivity contribution is 5.73. The molecule has 2 heterocycles. The molecule has 22 heavy (non-hydrogen) atoms. The fraction of sp³-hybridized carbons (Fsp3) is 0.412. The van der Waals surface area contributed by atoms with Crippen LogP contribution in [-0.2, 0) is 11.3 Å². The molecule has 1 aromatic carbocycles. The number of carbonyl (C=O) groups excluding carboxylic acids is 1. The lowest BCUT2D eigenvalue weighted by Gasteiger charge is -2.33. The van der Waals surface area contributed by atoms with Crippen LogP contribution in [0.1, 0.15) is 25.3 Å². The van der Waals surface area contributed by atoms with Crippen LogP contribution in [0, 0.1) is 0 Å². The Hall–Kier alpha value is -2.14. The average Bonchev–Trinajstić information content (AvgIpc) is 3.02. The fourth-order valence-electron chi connectivity index (χ4n) is 3.05. The van der Waals surface area contributed by atoms with Crippen molar-refractivity contribution in [3.63, 3.8) is 0 Å². The summed E-state index contributed by atoms with van der Waals surface area (Å²) in [7, 11) is 0. The first-order chi connectivity index (χ1) is 10.7. The molecule has 0 spiro atoms. The van der Waals surface area contributed by atoms with Gasteiger partial charge in [-0.1, -0.05) is 12.1 Å². The number of nitrogens with one attached hydrogen (secondary N) is 1. The van der Waals surface area contributed by atoms with E-state index in [1.807, 2.05) is 10.8 Å². The fourth-order valence-corrected chi connectivity index (χ4v) is 3.05. The molecule has 1 fully saturated rings. The van der Waals surface area contributed by atoms with Gasteiger partial charge in [-0.15, -0.1) is 0 Å². The second-order valence-electron chi connectivity index (χ2n) is 5.91. The largest absolute Gasteiger partial charge is 0.352 e. The van der Waals surface area contributed by atoms with E-state index in [1.54, 1.807) is 19.4 Å². The first-order valence-corrected chi connectivity index (χ1v) is 7.77. The molecule has 2 aromatic rings. The zero-order valence-corrected chi connectivity index (χ0v) is 12.9. The summed E-state index contributed by atoms with van der Waals surface area (Å²) in [6.07, 6.45) is 7.74. The highest BCUT2D eigenvalue weighted by Gasteiger charge is 2.20. The quantitative estimate of drug-likeness (QED) is 0.939. The standard InChI is InChI=1S/C17H22N4O/c1-14(22)19-16-3-2-9-20(12-16)11-15-4-6-17(7-5-15)21-10-8-18-13-21/h4-8,10,13,16H,2-3,9,11-12H2,1H3,(H,19,22)/t16-/m0/s1. The smallest absolute Gasteiger partial charge is 0.217 e. The number of nitrogens with zero attached hydrogens (tertiary/aromatic N) is 3. The Bertz CT molecular complexity index is 606. The second-order valence-corrected chi connectivity index (χ2v) is 5.91. The lowest BCUT2D eigenvalue weighted by molar-refractivity contribution is -0.120. The normalized spacial score (nSPS) is 19.0. The highest BCUT2D eigenvalue weighted by atomic mass is 16.1. The summed E-state index contributed by atoms with van der Waals surface area (Å²) < 4.78 is 2.00. The van der Waals surface area contributed by atoms with E-state index in [9.17, 15) is 4.79 Å². The number of hydrogen-bond acceptors (Lipinski definition) is 3. The Morgan fingerprint density at radius 1 is 1.36 bits per heavy atom. The maximum absolute atomic E-state index is 11.2. The van der Waals surface area contributed by atoms with Gasteiger partial charge < -0.3 is 9.88 Å². The molecule has 0 radical (unpaired) electrons. The van der Waals surface area contributed by atoms with Crippen molar-refractivity contribution in [2.75, 3.05) is 13.1 Å². The van der Waals surface area contributed by atoms with Crippen molar-refractivity contribution in [3.8, 4) is 5.69 Å². The summed E-state index contributed by atoms with van der Waals surface area (Å²) in [6, 6.07) is 8.85. The van der Waals surface area contributed by atoms with E-state index in [1.165, 1.54) is 5.56 Å². The molecule has 5 heteroatoms. The van der Waals surface area contributed by atoms with Gasteiger partial charge in [-0.2, -0.15) is 0 Å². The first-order valence-electron chi connectivity index (χ1n) is 7.77. The van der Waals surface area contributed by atoms with Gasteiger partial charge in [0, 0.05) is 44.1 Å². The van der Waals surface area contributed by atoms with Gasteiger partial charge in [0.15, 0.2) is 0 Å². The van der Waals surface area contributed by atoms with Gasteiger partial charge in [0.1, 0.15) is 0 Å². The Morgan fingerprint density at radius 3 is 2.86 bits per heavy atom. The third-order valence-corrected chi connectivity index (χ3v) is 4.06. The minimum absolute atomic E-state index is 0.0662. The van der Waals surface area contributed by atoms with Gasteiger partial charge in [-0.3, -0.25) is 9.69 Å². The number of piperidine rings is 1. The number of carbonyl (C=O) groups is 1. The summed E-state index contributed by atoms with van der Waals surface area (Å²) in [5.74, 6) is 0.0662. The van der Waals surface area contributed by atoms with Crippen molar-refractivity contribution in [3.05, 3.63) is 48.5 Å². The van der Waals surface area contributed by atoms with Crippen molar-refractivity contribution >= 4 is 5.91 Å². The van der Waals surface area contributed by atoms with Crippen LogP contribution in [0.25, 0.3) is 5.69 Å². The SMILES string of the molecule is CC(=O)N[C@H]1CCCN(Cc2ccc(-n3ccnc3)cc2)C1. The molecule has 1 aliphatic rings. The molecule has 1 N–H and O–H groups in total. The lowest BCUT2D eigenvalue weighted by Crippen LogP contribution is -2.46. The van der Waals surface area contributed by atoms with E-state index >= 15 is 0 Å². The molecule has 0 aliphatic carbocycles. The third-order valence-electron chi connectivity index (χ3n) is 4.06. The Balaban J connectivity index is 1.59. The molecule has 0 bridgehead atoms. The molecule has 3 rings (SSSR count). The van der Waals surface area contributed by atoms with E-state index < -0.39 is 0 Å². The Morgan fingerprint density at radius 2 is 2.18 bits per heavy atom. The minimum Gasteiger partial charge on any atom is -0.352 e. The molecule has 1 saturated heterocycles. The second kappa shape index (κ2) is 6.75. The van der Waals surface area contributed by atoms with Crippen molar-refractivity contribution in [1.82, 2.24) is 19.8 Å². The monoisotopic (exact) mass is 298 g/mol. The molecule has 0 unspecified atom stereocenters. The number of amides is 1. The number of imidazole rings is 1. The van der Waals surface area contributed by atoms with E-state index in [-0.39, 0.29) is 11.9 Å². The predicted octanol–water partition coefficient (Wildman–Crippen LogP) is 1.97. The summed E-state index contributed by atoms with van der Waals surface area (Å²) in [6.45, 7) is 4.55. The van der Waals surface area contributed by atoms with Gasteiger partial charge in [-0.05, 0) is 37.1 Å². The van der Waals surface area contributed by atoms with Crippen LogP contribution >= 0.6 is 0 Å². The molecule has 1 aromatic heterocycles. The summed E-state index contributed by atoms with van der Waals surface area (Å²) >= 11 is 0. The van der Waals surface area contributed by atoms with E-state index in [4.69, 9.17) is 0 Å². The predicted molar refractivity (Wildman–Crippen MR) is 85.7 cm³/mol.